The van der Waals surface area contributed by atoms with Crippen LogP contribution in [0.15, 0.2) is 53.5 Å². The Kier molecular flexibility index (Phi) is 10.9. The minimum absolute atomic E-state index is 0. The van der Waals surface area contributed by atoms with Gasteiger partial charge in [-0.1, -0.05) is 24.3 Å². The van der Waals surface area contributed by atoms with Crippen LogP contribution in [0.3, 0.4) is 0 Å². The molecule has 0 spiro atoms. The van der Waals surface area contributed by atoms with E-state index in [1.165, 1.54) is 12.1 Å². The first-order valence-electron chi connectivity index (χ1n) is 8.78. The summed E-state index contributed by atoms with van der Waals surface area (Å²) in [5.74, 6) is 0.865. The van der Waals surface area contributed by atoms with Crippen LogP contribution in [0.5, 0.6) is 5.75 Å². The Labute approximate surface area is 182 Å². The summed E-state index contributed by atoms with van der Waals surface area (Å²) in [7, 11) is 1.69. The molecule has 3 N–H and O–H groups in total. The van der Waals surface area contributed by atoms with E-state index in [1.807, 2.05) is 31.2 Å². The highest BCUT2D eigenvalue weighted by atomic mass is 127. The predicted molar refractivity (Wildman–Crippen MR) is 119 cm³/mol. The van der Waals surface area contributed by atoms with Gasteiger partial charge in [0.15, 0.2) is 12.6 Å². The van der Waals surface area contributed by atoms with Gasteiger partial charge in [-0.05, 0) is 42.3 Å². The minimum Gasteiger partial charge on any atom is -0.484 e. The van der Waals surface area contributed by atoms with Crippen molar-refractivity contribution in [2.75, 3.05) is 20.2 Å². The third-order valence-electron chi connectivity index (χ3n) is 3.70. The molecule has 6 nitrogen and oxygen atoms in total. The van der Waals surface area contributed by atoms with Gasteiger partial charge in [-0.25, -0.2) is 4.39 Å². The van der Waals surface area contributed by atoms with E-state index >= 15 is 0 Å². The lowest BCUT2D eigenvalue weighted by molar-refractivity contribution is -0.122. The van der Waals surface area contributed by atoms with Gasteiger partial charge in [0.25, 0.3) is 5.91 Å². The van der Waals surface area contributed by atoms with E-state index in [4.69, 9.17) is 4.74 Å². The Morgan fingerprint density at radius 3 is 2.36 bits per heavy atom. The number of likely N-dealkylation sites (N-methyl/N-ethyl adjacent to an activating group) is 1. The Morgan fingerprint density at radius 2 is 1.71 bits per heavy atom. The van der Waals surface area contributed by atoms with Crippen LogP contribution in [0.1, 0.15) is 18.1 Å². The summed E-state index contributed by atoms with van der Waals surface area (Å²) in [6, 6.07) is 13.8. The molecule has 0 atom stereocenters. The largest absolute Gasteiger partial charge is 0.484 e. The summed E-state index contributed by atoms with van der Waals surface area (Å²) in [6.45, 7) is 3.51. The quantitative estimate of drug-likeness (QED) is 0.296. The molecule has 0 saturated carbocycles. The predicted octanol–water partition coefficient (Wildman–Crippen LogP) is 2.82. The average molecular weight is 500 g/mol. The lowest BCUT2D eigenvalue weighted by Crippen LogP contribution is -2.36. The van der Waals surface area contributed by atoms with Gasteiger partial charge < -0.3 is 20.7 Å². The van der Waals surface area contributed by atoms with Crippen molar-refractivity contribution in [2.45, 2.75) is 20.0 Å². The van der Waals surface area contributed by atoms with Gasteiger partial charge in [-0.2, -0.15) is 0 Å². The number of rotatable bonds is 8. The smallest absolute Gasteiger partial charge is 0.257 e. The fraction of sp³-hybridized carbons (Fsp3) is 0.300. The molecular formula is C20H26FIN4O2. The molecule has 0 radical (unpaired) electrons. The number of ether oxygens (including phenoxy) is 1. The van der Waals surface area contributed by atoms with E-state index in [2.05, 4.69) is 20.9 Å². The minimum atomic E-state index is -0.254. The molecule has 1 amide bonds. The summed E-state index contributed by atoms with van der Waals surface area (Å²) in [6.07, 6.45) is 0. The van der Waals surface area contributed by atoms with E-state index in [0.29, 0.717) is 31.3 Å². The first-order valence-corrected chi connectivity index (χ1v) is 8.78. The molecule has 0 heterocycles. The van der Waals surface area contributed by atoms with Gasteiger partial charge in [-0.15, -0.1) is 24.0 Å². The van der Waals surface area contributed by atoms with Crippen molar-refractivity contribution in [2.24, 2.45) is 4.99 Å². The van der Waals surface area contributed by atoms with Crippen molar-refractivity contribution in [3.8, 4) is 5.75 Å². The SMILES string of the molecule is CCNC(=O)COc1cccc(CNC(=NC)NCc2ccc(F)cc2)c1.I. The fourth-order valence-corrected chi connectivity index (χ4v) is 2.34. The molecular weight excluding hydrogens is 474 g/mol. The summed E-state index contributed by atoms with van der Waals surface area (Å²) in [5.41, 5.74) is 1.95. The number of hydrogen-bond donors (Lipinski definition) is 3. The van der Waals surface area contributed by atoms with Gasteiger partial charge in [0.2, 0.25) is 0 Å². The van der Waals surface area contributed by atoms with Crippen molar-refractivity contribution in [3.05, 3.63) is 65.5 Å². The molecule has 2 aromatic carbocycles. The van der Waals surface area contributed by atoms with E-state index in [0.717, 1.165) is 11.1 Å². The Balaban J connectivity index is 0.00000392. The van der Waals surface area contributed by atoms with Gasteiger partial charge in [0.05, 0.1) is 0 Å². The Hall–Kier alpha value is -2.36. The van der Waals surface area contributed by atoms with Crippen molar-refractivity contribution < 1.29 is 13.9 Å². The van der Waals surface area contributed by atoms with Crippen molar-refractivity contribution in [3.63, 3.8) is 0 Å². The first-order chi connectivity index (χ1) is 13.1. The van der Waals surface area contributed by atoms with E-state index < -0.39 is 0 Å². The number of aliphatic imine (C=N–C) groups is 1. The van der Waals surface area contributed by atoms with Crippen LogP contribution in [0.25, 0.3) is 0 Å². The number of guanidine groups is 1. The van der Waals surface area contributed by atoms with Gasteiger partial charge in [-0.3, -0.25) is 9.79 Å². The van der Waals surface area contributed by atoms with Crippen LogP contribution >= 0.6 is 24.0 Å². The highest BCUT2D eigenvalue weighted by Crippen LogP contribution is 2.13. The van der Waals surface area contributed by atoms with Crippen LogP contribution < -0.4 is 20.7 Å². The number of benzene rings is 2. The standard InChI is InChI=1S/C20H25FN4O2.HI/c1-3-23-19(26)14-27-18-6-4-5-16(11-18)13-25-20(22-2)24-12-15-7-9-17(21)10-8-15;/h4-11H,3,12-14H2,1-2H3,(H,23,26)(H2,22,24,25);1H. The second kappa shape index (κ2) is 12.9. The fourth-order valence-electron chi connectivity index (χ4n) is 2.34. The first kappa shape index (κ1) is 23.7. The Morgan fingerprint density at radius 1 is 1.04 bits per heavy atom. The van der Waals surface area contributed by atoms with Crippen LogP contribution in [0.4, 0.5) is 4.39 Å². The molecule has 0 fully saturated rings. The lowest BCUT2D eigenvalue weighted by atomic mass is 10.2. The lowest BCUT2D eigenvalue weighted by Gasteiger charge is -2.13. The monoisotopic (exact) mass is 500 g/mol. The number of nitrogens with one attached hydrogen (secondary N) is 3. The molecule has 0 aliphatic heterocycles. The summed E-state index contributed by atoms with van der Waals surface area (Å²) < 4.78 is 18.4. The number of amides is 1. The Bertz CT molecular complexity index is 769. The second-order valence-corrected chi connectivity index (χ2v) is 5.80. The van der Waals surface area contributed by atoms with Crippen LogP contribution in [0, 0.1) is 5.82 Å². The summed E-state index contributed by atoms with van der Waals surface area (Å²) >= 11 is 0. The third-order valence-corrected chi connectivity index (χ3v) is 3.70. The highest BCUT2D eigenvalue weighted by molar-refractivity contribution is 14.0. The summed E-state index contributed by atoms with van der Waals surface area (Å²) in [4.78, 5) is 15.6. The maximum atomic E-state index is 12.9. The number of nitrogens with zero attached hydrogens (tertiary/aromatic N) is 1. The molecule has 2 aromatic rings. The zero-order valence-electron chi connectivity index (χ0n) is 16.0. The molecule has 0 saturated heterocycles. The molecule has 0 unspecified atom stereocenters. The number of hydrogen-bond acceptors (Lipinski definition) is 3. The van der Waals surface area contributed by atoms with E-state index in [9.17, 15) is 9.18 Å². The van der Waals surface area contributed by atoms with Crippen molar-refractivity contribution in [1.82, 2.24) is 16.0 Å². The zero-order valence-corrected chi connectivity index (χ0v) is 18.3. The average Bonchev–Trinajstić information content (AvgIpc) is 2.68. The third kappa shape index (κ3) is 8.55. The molecule has 2 rings (SSSR count). The number of carbonyl (C=O) groups excluding carboxylic acids is 1. The zero-order chi connectivity index (χ0) is 19.5. The molecule has 152 valence electrons. The van der Waals surface area contributed by atoms with Crippen molar-refractivity contribution >= 4 is 35.8 Å². The molecule has 28 heavy (non-hydrogen) atoms. The van der Waals surface area contributed by atoms with Crippen LogP contribution in [0.2, 0.25) is 0 Å². The second-order valence-electron chi connectivity index (χ2n) is 5.80. The molecule has 0 bridgehead atoms. The number of halogens is 2. The summed E-state index contributed by atoms with van der Waals surface area (Å²) in [5, 5.41) is 9.07. The number of carbonyl (C=O) groups is 1. The van der Waals surface area contributed by atoms with E-state index in [1.54, 1.807) is 19.2 Å². The molecule has 0 aromatic heterocycles. The maximum Gasteiger partial charge on any atom is 0.257 e. The molecule has 8 heteroatoms. The van der Waals surface area contributed by atoms with Crippen LogP contribution in [-0.2, 0) is 17.9 Å². The highest BCUT2D eigenvalue weighted by Gasteiger charge is 2.03. The van der Waals surface area contributed by atoms with Crippen LogP contribution in [-0.4, -0.2) is 32.1 Å². The van der Waals surface area contributed by atoms with Crippen molar-refractivity contribution in [1.29, 1.82) is 0 Å². The molecule has 0 aliphatic carbocycles. The van der Waals surface area contributed by atoms with E-state index in [-0.39, 0.29) is 42.3 Å². The maximum absolute atomic E-state index is 12.9. The normalized spacial score (nSPS) is 10.6. The van der Waals surface area contributed by atoms with Gasteiger partial charge in [0.1, 0.15) is 11.6 Å². The van der Waals surface area contributed by atoms with Gasteiger partial charge in [0, 0.05) is 26.7 Å². The van der Waals surface area contributed by atoms with Gasteiger partial charge >= 0.3 is 0 Å². The topological polar surface area (TPSA) is 74.8 Å². The molecule has 0 aliphatic rings.